The van der Waals surface area contributed by atoms with E-state index in [1.165, 1.54) is 6.42 Å². The molecule has 0 bridgehead atoms. The van der Waals surface area contributed by atoms with Crippen molar-refractivity contribution in [1.82, 2.24) is 4.90 Å². The largest absolute Gasteiger partial charge is 0.391 e. The molecule has 13 heavy (non-hydrogen) atoms. The first-order valence-electron chi connectivity index (χ1n) is 4.75. The number of halogens is 1. The molecule has 4 heteroatoms. The number of likely N-dealkylation sites (tertiary alicyclic amines) is 1. The van der Waals surface area contributed by atoms with Crippen molar-refractivity contribution in [2.24, 2.45) is 0 Å². The molecule has 0 aromatic rings. The summed E-state index contributed by atoms with van der Waals surface area (Å²) in [5.74, 6) is 0. The molecule has 0 aliphatic carbocycles. The van der Waals surface area contributed by atoms with Crippen LogP contribution < -0.4 is 0 Å². The summed E-state index contributed by atoms with van der Waals surface area (Å²) in [5, 5.41) is 10.1. The normalized spacial score (nSPS) is 27.5. The number of hydrogen-bond acceptors (Lipinski definition) is 3. The Morgan fingerprint density at radius 3 is 3.08 bits per heavy atom. The number of rotatable bonds is 4. The highest BCUT2D eigenvalue weighted by Crippen LogP contribution is 2.12. The van der Waals surface area contributed by atoms with Crippen molar-refractivity contribution in [2.75, 3.05) is 32.1 Å². The van der Waals surface area contributed by atoms with Gasteiger partial charge in [-0.1, -0.05) is 15.9 Å². The molecule has 3 nitrogen and oxygen atoms in total. The Balaban J connectivity index is 2.25. The predicted octanol–water partition coefficient (Wildman–Crippen LogP) is 0.853. The molecule has 0 aromatic heterocycles. The van der Waals surface area contributed by atoms with Crippen LogP contribution in [-0.2, 0) is 4.74 Å². The number of hydrogen-bond donors (Lipinski definition) is 1. The lowest BCUT2D eigenvalue weighted by molar-refractivity contribution is 0.0166. The topological polar surface area (TPSA) is 32.7 Å². The fourth-order valence-corrected chi connectivity index (χ4v) is 1.92. The van der Waals surface area contributed by atoms with E-state index in [2.05, 4.69) is 20.8 Å². The Hall–Kier alpha value is 0.360. The molecule has 0 aromatic carbocycles. The molecule has 1 aliphatic heterocycles. The average molecular weight is 252 g/mol. The van der Waals surface area contributed by atoms with Crippen LogP contribution in [0.3, 0.4) is 0 Å². The number of aliphatic hydroxyl groups excluding tert-OH is 1. The molecule has 2 unspecified atom stereocenters. The summed E-state index contributed by atoms with van der Waals surface area (Å²) in [4.78, 5) is 2.27. The zero-order valence-corrected chi connectivity index (χ0v) is 9.66. The predicted molar refractivity (Wildman–Crippen MR) is 56.3 cm³/mol. The minimum Gasteiger partial charge on any atom is -0.391 e. The maximum atomic E-state index is 9.44. The third kappa shape index (κ3) is 3.94. The lowest BCUT2D eigenvalue weighted by Gasteiger charge is -2.32. The first kappa shape index (κ1) is 11.4. The van der Waals surface area contributed by atoms with Gasteiger partial charge in [0.25, 0.3) is 0 Å². The van der Waals surface area contributed by atoms with Crippen LogP contribution in [0.4, 0.5) is 0 Å². The number of nitrogens with zero attached hydrogens (tertiary/aromatic N) is 1. The molecule has 1 aliphatic rings. The summed E-state index contributed by atoms with van der Waals surface area (Å²) in [6.45, 7) is 2.80. The highest BCUT2D eigenvalue weighted by Gasteiger charge is 2.20. The average Bonchev–Trinajstić information content (AvgIpc) is 2.18. The Labute approximate surface area is 88.2 Å². The molecule has 1 saturated heterocycles. The monoisotopic (exact) mass is 251 g/mol. The minimum absolute atomic E-state index is 0.254. The van der Waals surface area contributed by atoms with Gasteiger partial charge < -0.3 is 9.84 Å². The lowest BCUT2D eigenvalue weighted by Crippen LogP contribution is -2.43. The second-order valence-electron chi connectivity index (χ2n) is 3.57. The van der Waals surface area contributed by atoms with Gasteiger partial charge in [0, 0.05) is 25.5 Å². The highest BCUT2D eigenvalue weighted by atomic mass is 79.9. The number of aliphatic hydroxyl groups is 1. The number of alkyl halides is 1. The molecule has 0 amide bonds. The van der Waals surface area contributed by atoms with Crippen molar-refractivity contribution in [3.63, 3.8) is 0 Å². The number of ether oxygens (including phenoxy) is 1. The molecule has 1 heterocycles. The summed E-state index contributed by atoms with van der Waals surface area (Å²) in [6.07, 6.45) is 2.43. The standard InChI is InChI=1S/C9H18BrNO2/c1-13-9-3-2-4-11(7-9)6-8(12)5-10/h8-9,12H,2-7H2,1H3. The maximum absolute atomic E-state index is 9.44. The first-order valence-corrected chi connectivity index (χ1v) is 5.87. The van der Waals surface area contributed by atoms with Gasteiger partial charge in [0.2, 0.25) is 0 Å². The van der Waals surface area contributed by atoms with Gasteiger partial charge in [0.1, 0.15) is 0 Å². The van der Waals surface area contributed by atoms with Gasteiger partial charge in [0.15, 0.2) is 0 Å². The first-order chi connectivity index (χ1) is 6.26. The number of methoxy groups -OCH3 is 1. The van der Waals surface area contributed by atoms with Crippen molar-refractivity contribution in [3.8, 4) is 0 Å². The van der Waals surface area contributed by atoms with Crippen LogP contribution in [0.25, 0.3) is 0 Å². The molecule has 1 rings (SSSR count). The molecule has 1 N–H and O–H groups in total. The van der Waals surface area contributed by atoms with Crippen LogP contribution in [0.5, 0.6) is 0 Å². The summed E-state index contributed by atoms with van der Waals surface area (Å²) in [6, 6.07) is 0. The van der Waals surface area contributed by atoms with E-state index in [9.17, 15) is 5.11 Å². The summed E-state index contributed by atoms with van der Waals surface area (Å²) < 4.78 is 5.30. The Kier molecular flexibility index (Phi) is 5.24. The highest BCUT2D eigenvalue weighted by molar-refractivity contribution is 9.09. The van der Waals surface area contributed by atoms with Crippen molar-refractivity contribution >= 4 is 15.9 Å². The SMILES string of the molecule is COC1CCCN(CC(O)CBr)C1. The fraction of sp³-hybridized carbons (Fsp3) is 1.00. The van der Waals surface area contributed by atoms with Crippen molar-refractivity contribution in [1.29, 1.82) is 0 Å². The van der Waals surface area contributed by atoms with E-state index in [0.29, 0.717) is 11.4 Å². The summed E-state index contributed by atoms with van der Waals surface area (Å²) in [5.41, 5.74) is 0. The second-order valence-corrected chi connectivity index (χ2v) is 4.22. The van der Waals surface area contributed by atoms with E-state index < -0.39 is 0 Å². The van der Waals surface area contributed by atoms with Crippen LogP contribution in [0.15, 0.2) is 0 Å². The third-order valence-electron chi connectivity index (χ3n) is 2.44. The quantitative estimate of drug-likeness (QED) is 0.753. The van der Waals surface area contributed by atoms with E-state index in [-0.39, 0.29) is 6.10 Å². The Morgan fingerprint density at radius 1 is 1.69 bits per heavy atom. The lowest BCUT2D eigenvalue weighted by atomic mass is 10.1. The Bertz CT molecular complexity index is 144. The second kappa shape index (κ2) is 5.96. The minimum atomic E-state index is -0.254. The van der Waals surface area contributed by atoms with E-state index in [1.807, 2.05) is 0 Å². The molecule has 0 radical (unpaired) electrons. The van der Waals surface area contributed by atoms with Crippen LogP contribution in [0.2, 0.25) is 0 Å². The molecule has 2 atom stereocenters. The van der Waals surface area contributed by atoms with Crippen molar-refractivity contribution in [2.45, 2.75) is 25.0 Å². The van der Waals surface area contributed by atoms with E-state index >= 15 is 0 Å². The van der Waals surface area contributed by atoms with Crippen molar-refractivity contribution in [3.05, 3.63) is 0 Å². The van der Waals surface area contributed by atoms with Gasteiger partial charge in [0.05, 0.1) is 12.2 Å². The maximum Gasteiger partial charge on any atom is 0.0763 e. The molecule has 0 saturated carbocycles. The molecular formula is C9H18BrNO2. The van der Waals surface area contributed by atoms with Crippen LogP contribution in [0.1, 0.15) is 12.8 Å². The summed E-state index contributed by atoms with van der Waals surface area (Å²) in [7, 11) is 1.76. The molecular weight excluding hydrogens is 234 g/mol. The zero-order valence-electron chi connectivity index (χ0n) is 8.08. The summed E-state index contributed by atoms with van der Waals surface area (Å²) >= 11 is 3.27. The fourth-order valence-electron chi connectivity index (χ4n) is 1.72. The van der Waals surface area contributed by atoms with Crippen LogP contribution in [0, 0.1) is 0 Å². The van der Waals surface area contributed by atoms with Gasteiger partial charge in [-0.25, -0.2) is 0 Å². The van der Waals surface area contributed by atoms with E-state index in [1.54, 1.807) is 7.11 Å². The third-order valence-corrected chi connectivity index (χ3v) is 3.19. The molecule has 78 valence electrons. The van der Waals surface area contributed by atoms with Crippen LogP contribution in [-0.4, -0.2) is 54.3 Å². The number of β-amino-alcohol motifs (C(OH)–C–C–N with tert-alkyl or cyclic N) is 1. The zero-order chi connectivity index (χ0) is 9.68. The van der Waals surface area contributed by atoms with Gasteiger partial charge in [-0.15, -0.1) is 0 Å². The smallest absolute Gasteiger partial charge is 0.0763 e. The molecule has 0 spiro atoms. The van der Waals surface area contributed by atoms with E-state index in [0.717, 1.165) is 26.1 Å². The van der Waals surface area contributed by atoms with Crippen LogP contribution >= 0.6 is 15.9 Å². The number of piperidine rings is 1. The molecule has 1 fully saturated rings. The van der Waals surface area contributed by atoms with Crippen molar-refractivity contribution < 1.29 is 9.84 Å². The Morgan fingerprint density at radius 2 is 2.46 bits per heavy atom. The van der Waals surface area contributed by atoms with Gasteiger partial charge in [-0.2, -0.15) is 0 Å². The van der Waals surface area contributed by atoms with Gasteiger partial charge >= 0.3 is 0 Å². The van der Waals surface area contributed by atoms with Gasteiger partial charge in [-0.3, -0.25) is 4.90 Å². The van der Waals surface area contributed by atoms with E-state index in [4.69, 9.17) is 4.74 Å². The van der Waals surface area contributed by atoms with Gasteiger partial charge in [-0.05, 0) is 19.4 Å².